The van der Waals surface area contributed by atoms with Gasteiger partial charge in [0.1, 0.15) is 11.5 Å². The molecule has 120 valence electrons. The van der Waals surface area contributed by atoms with Gasteiger partial charge in [0.15, 0.2) is 6.17 Å². The molecule has 0 spiro atoms. The monoisotopic (exact) mass is 336 g/mol. The fourth-order valence-corrected chi connectivity index (χ4v) is 2.80. The third kappa shape index (κ3) is 3.88. The van der Waals surface area contributed by atoms with Gasteiger partial charge in [0.05, 0.1) is 0 Å². The number of aromatic hydroxyl groups is 2. The summed E-state index contributed by atoms with van der Waals surface area (Å²) in [6, 6.07) is 16.0. The summed E-state index contributed by atoms with van der Waals surface area (Å²) < 4.78 is 0. The minimum Gasteiger partial charge on any atom is -0.507 e. The molecule has 0 saturated heterocycles. The number of thiophene rings is 1. The number of hydrogen-bond donors (Lipinski definition) is 2. The van der Waals surface area contributed by atoms with Crippen molar-refractivity contribution in [2.75, 3.05) is 0 Å². The molecule has 0 aliphatic carbocycles. The Balaban J connectivity index is 1.88. The van der Waals surface area contributed by atoms with Gasteiger partial charge in [0, 0.05) is 29.1 Å². The van der Waals surface area contributed by atoms with Crippen molar-refractivity contribution in [1.29, 1.82) is 0 Å². The number of para-hydroxylation sites is 2. The predicted molar refractivity (Wildman–Crippen MR) is 98.5 cm³/mol. The molecular formula is C19H16N2O2S. The van der Waals surface area contributed by atoms with Crippen molar-refractivity contribution < 1.29 is 10.2 Å². The van der Waals surface area contributed by atoms with Gasteiger partial charge in [-0.05, 0) is 41.1 Å². The molecule has 0 aliphatic heterocycles. The van der Waals surface area contributed by atoms with Gasteiger partial charge in [-0.2, -0.15) is 11.3 Å². The van der Waals surface area contributed by atoms with Crippen LogP contribution in [0.5, 0.6) is 11.5 Å². The zero-order chi connectivity index (χ0) is 16.8. The first-order valence-corrected chi connectivity index (χ1v) is 8.33. The number of aliphatic imine (C=N–C) groups is 2. The smallest absolute Gasteiger partial charge is 0.165 e. The number of benzene rings is 2. The summed E-state index contributed by atoms with van der Waals surface area (Å²) in [5.74, 6) is 0.352. The van der Waals surface area contributed by atoms with Crippen LogP contribution in [0.3, 0.4) is 0 Å². The van der Waals surface area contributed by atoms with E-state index in [1.807, 2.05) is 29.0 Å². The standard InChI is InChI=1S/C19H16N2O2S/c22-17-7-3-1-5-14(17)11-20-19(16-9-10-24-13-16)21-12-15-6-2-4-8-18(15)23/h1-13,19,22-23H/b20-11+,21-12+. The number of phenols is 2. The van der Waals surface area contributed by atoms with Crippen molar-refractivity contribution in [3.05, 3.63) is 82.0 Å². The normalized spacial score (nSPS) is 11.7. The molecular weight excluding hydrogens is 320 g/mol. The van der Waals surface area contributed by atoms with E-state index in [0.29, 0.717) is 11.1 Å². The molecule has 5 heteroatoms. The first-order chi connectivity index (χ1) is 11.7. The highest BCUT2D eigenvalue weighted by Crippen LogP contribution is 2.23. The van der Waals surface area contributed by atoms with Gasteiger partial charge >= 0.3 is 0 Å². The van der Waals surface area contributed by atoms with Crippen molar-refractivity contribution in [2.45, 2.75) is 6.17 Å². The lowest BCUT2D eigenvalue weighted by Gasteiger charge is -2.06. The molecule has 0 bridgehead atoms. The average molecular weight is 336 g/mol. The molecule has 1 aromatic heterocycles. The third-order valence-corrected chi connectivity index (χ3v) is 4.13. The number of rotatable bonds is 5. The van der Waals surface area contributed by atoms with Crippen LogP contribution in [0.2, 0.25) is 0 Å². The fourth-order valence-electron chi connectivity index (χ4n) is 2.13. The summed E-state index contributed by atoms with van der Waals surface area (Å²) in [5, 5.41) is 23.6. The lowest BCUT2D eigenvalue weighted by atomic mass is 10.2. The van der Waals surface area contributed by atoms with Crippen LogP contribution in [-0.2, 0) is 0 Å². The second-order valence-electron chi connectivity index (χ2n) is 5.10. The molecule has 4 nitrogen and oxygen atoms in total. The highest BCUT2D eigenvalue weighted by Gasteiger charge is 2.08. The molecule has 0 amide bonds. The van der Waals surface area contributed by atoms with Crippen LogP contribution in [0.15, 0.2) is 75.3 Å². The maximum atomic E-state index is 9.84. The average Bonchev–Trinajstić information content (AvgIpc) is 3.12. The Morgan fingerprint density at radius 1 is 0.792 bits per heavy atom. The van der Waals surface area contributed by atoms with Gasteiger partial charge < -0.3 is 10.2 Å². The van der Waals surface area contributed by atoms with Crippen LogP contribution in [-0.4, -0.2) is 22.6 Å². The Morgan fingerprint density at radius 2 is 1.33 bits per heavy atom. The summed E-state index contributed by atoms with van der Waals surface area (Å²) in [5.41, 5.74) is 2.23. The minimum atomic E-state index is -0.435. The summed E-state index contributed by atoms with van der Waals surface area (Å²) >= 11 is 1.57. The Labute approximate surface area is 144 Å². The second-order valence-corrected chi connectivity index (χ2v) is 5.88. The summed E-state index contributed by atoms with van der Waals surface area (Å²) in [4.78, 5) is 8.97. The van der Waals surface area contributed by atoms with Crippen molar-refractivity contribution in [3.8, 4) is 11.5 Å². The highest BCUT2D eigenvalue weighted by molar-refractivity contribution is 7.07. The minimum absolute atomic E-state index is 0.176. The predicted octanol–water partition coefficient (Wildman–Crippen LogP) is 4.40. The van der Waals surface area contributed by atoms with E-state index in [1.54, 1.807) is 60.2 Å². The molecule has 1 heterocycles. The van der Waals surface area contributed by atoms with E-state index in [0.717, 1.165) is 5.56 Å². The molecule has 0 radical (unpaired) electrons. The number of hydrogen-bond acceptors (Lipinski definition) is 5. The van der Waals surface area contributed by atoms with Crippen molar-refractivity contribution in [2.24, 2.45) is 9.98 Å². The second kappa shape index (κ2) is 7.57. The summed E-state index contributed by atoms with van der Waals surface area (Å²) in [6.07, 6.45) is 2.79. The number of nitrogens with zero attached hydrogens (tertiary/aromatic N) is 2. The zero-order valence-corrected chi connectivity index (χ0v) is 13.6. The molecule has 2 N–H and O–H groups in total. The Hall–Kier alpha value is -2.92. The third-order valence-electron chi connectivity index (χ3n) is 3.42. The molecule has 24 heavy (non-hydrogen) atoms. The van der Waals surface area contributed by atoms with Crippen LogP contribution in [0, 0.1) is 0 Å². The van der Waals surface area contributed by atoms with E-state index < -0.39 is 6.17 Å². The Morgan fingerprint density at radius 3 is 1.79 bits per heavy atom. The van der Waals surface area contributed by atoms with E-state index in [-0.39, 0.29) is 11.5 Å². The van der Waals surface area contributed by atoms with Crippen molar-refractivity contribution >= 4 is 23.8 Å². The van der Waals surface area contributed by atoms with Crippen LogP contribution >= 0.6 is 11.3 Å². The van der Waals surface area contributed by atoms with Crippen LogP contribution in [0.25, 0.3) is 0 Å². The Kier molecular flexibility index (Phi) is 5.03. The topological polar surface area (TPSA) is 65.2 Å². The van der Waals surface area contributed by atoms with Gasteiger partial charge in [0.25, 0.3) is 0 Å². The molecule has 0 aliphatic rings. The summed E-state index contributed by atoms with van der Waals surface area (Å²) in [6.45, 7) is 0. The van der Waals surface area contributed by atoms with Crippen LogP contribution in [0.1, 0.15) is 22.9 Å². The highest BCUT2D eigenvalue weighted by atomic mass is 32.1. The molecule has 0 atom stereocenters. The van der Waals surface area contributed by atoms with Crippen molar-refractivity contribution in [1.82, 2.24) is 0 Å². The van der Waals surface area contributed by atoms with E-state index in [1.165, 1.54) is 0 Å². The van der Waals surface area contributed by atoms with Crippen LogP contribution < -0.4 is 0 Å². The molecule has 2 aromatic carbocycles. The van der Waals surface area contributed by atoms with Gasteiger partial charge in [-0.1, -0.05) is 24.3 Å². The fraction of sp³-hybridized carbons (Fsp3) is 0.0526. The maximum absolute atomic E-state index is 9.84. The molecule has 0 saturated carbocycles. The SMILES string of the molecule is Oc1ccccc1/C=N/C(/N=C/c1ccccc1O)c1ccsc1. The van der Waals surface area contributed by atoms with Crippen LogP contribution in [0.4, 0.5) is 0 Å². The first-order valence-electron chi connectivity index (χ1n) is 7.38. The van der Waals surface area contributed by atoms with E-state index in [2.05, 4.69) is 9.98 Å². The lowest BCUT2D eigenvalue weighted by Crippen LogP contribution is -1.94. The van der Waals surface area contributed by atoms with Gasteiger partial charge in [-0.15, -0.1) is 0 Å². The van der Waals surface area contributed by atoms with Gasteiger partial charge in [-0.25, -0.2) is 0 Å². The quantitative estimate of drug-likeness (QED) is 0.678. The van der Waals surface area contributed by atoms with Gasteiger partial charge in [-0.3, -0.25) is 9.98 Å². The molecule has 3 rings (SSSR count). The largest absolute Gasteiger partial charge is 0.507 e. The summed E-state index contributed by atoms with van der Waals surface area (Å²) in [7, 11) is 0. The first kappa shape index (κ1) is 16.0. The van der Waals surface area contributed by atoms with E-state index in [9.17, 15) is 10.2 Å². The lowest BCUT2D eigenvalue weighted by molar-refractivity contribution is 0.474. The Bertz CT molecular complexity index is 802. The van der Waals surface area contributed by atoms with E-state index >= 15 is 0 Å². The van der Waals surface area contributed by atoms with Crippen molar-refractivity contribution in [3.63, 3.8) is 0 Å². The van der Waals surface area contributed by atoms with E-state index in [4.69, 9.17) is 0 Å². The molecule has 0 unspecified atom stereocenters. The molecule has 3 aromatic rings. The van der Waals surface area contributed by atoms with Gasteiger partial charge in [0.2, 0.25) is 0 Å². The number of phenolic OH excluding ortho intramolecular Hbond substituents is 2. The zero-order valence-electron chi connectivity index (χ0n) is 12.8. The maximum Gasteiger partial charge on any atom is 0.165 e. The molecule has 0 fully saturated rings.